The molecule has 4 rings (SSSR count). The Kier molecular flexibility index (Phi) is 3.63. The van der Waals surface area contributed by atoms with Crippen LogP contribution in [0.5, 0.6) is 0 Å². The maximum Gasteiger partial charge on any atom is 0.276 e. The van der Waals surface area contributed by atoms with Crippen LogP contribution in [0.2, 0.25) is 0 Å². The Morgan fingerprint density at radius 1 is 1.36 bits per heavy atom. The first-order valence-electron chi connectivity index (χ1n) is 8.19. The Morgan fingerprint density at radius 2 is 2.20 bits per heavy atom. The summed E-state index contributed by atoms with van der Waals surface area (Å²) in [4.78, 5) is 31.4. The minimum Gasteiger partial charge on any atom is -0.312 e. The van der Waals surface area contributed by atoms with Crippen LogP contribution in [0.4, 0.5) is 10.1 Å². The predicted octanol–water partition coefficient (Wildman–Crippen LogP) is 1.99. The molecule has 1 aliphatic heterocycles. The molecule has 1 N–H and O–H groups in total. The molecular formula is C18H17FN4O2. The smallest absolute Gasteiger partial charge is 0.276 e. The van der Waals surface area contributed by atoms with E-state index >= 15 is 0 Å². The van der Waals surface area contributed by atoms with Gasteiger partial charge in [-0.1, -0.05) is 6.07 Å². The Bertz CT molecular complexity index is 1040. The molecule has 1 amide bonds. The number of aryl methyl sites for hydroxylation is 2. The van der Waals surface area contributed by atoms with Gasteiger partial charge in [0.15, 0.2) is 5.65 Å². The number of aromatic amines is 1. The van der Waals surface area contributed by atoms with Crippen molar-refractivity contribution in [3.8, 4) is 0 Å². The second-order valence-corrected chi connectivity index (χ2v) is 6.24. The first-order chi connectivity index (χ1) is 12.0. The SMILES string of the molecule is Cc1nc2cc[nH]n2c(=O)c1CC(=O)N1CCCc2ccc(F)cc21. The number of fused-ring (bicyclic) bond motifs is 2. The number of H-pyrrole nitrogens is 1. The van der Waals surface area contributed by atoms with Crippen molar-refractivity contribution in [3.63, 3.8) is 0 Å². The topological polar surface area (TPSA) is 70.5 Å². The summed E-state index contributed by atoms with van der Waals surface area (Å²) in [5.74, 6) is -0.593. The molecule has 7 heteroatoms. The molecule has 6 nitrogen and oxygen atoms in total. The molecule has 3 aromatic rings. The van der Waals surface area contributed by atoms with Gasteiger partial charge in [-0.3, -0.25) is 14.7 Å². The van der Waals surface area contributed by atoms with E-state index in [1.54, 1.807) is 30.2 Å². The third-order valence-electron chi connectivity index (χ3n) is 4.64. The van der Waals surface area contributed by atoms with Crippen LogP contribution in [-0.2, 0) is 17.6 Å². The summed E-state index contributed by atoms with van der Waals surface area (Å²) in [7, 11) is 0. The van der Waals surface area contributed by atoms with E-state index in [2.05, 4.69) is 10.1 Å². The number of halogens is 1. The first kappa shape index (κ1) is 15.6. The number of amides is 1. The number of carbonyl (C=O) groups excluding carboxylic acids is 1. The van der Waals surface area contributed by atoms with Gasteiger partial charge >= 0.3 is 0 Å². The van der Waals surface area contributed by atoms with Gasteiger partial charge in [0.05, 0.1) is 6.42 Å². The van der Waals surface area contributed by atoms with Crippen LogP contribution in [0.15, 0.2) is 35.3 Å². The summed E-state index contributed by atoms with van der Waals surface area (Å²) in [6.07, 6.45) is 3.20. The van der Waals surface area contributed by atoms with Crippen molar-refractivity contribution in [2.24, 2.45) is 0 Å². The van der Waals surface area contributed by atoms with Gasteiger partial charge in [0, 0.05) is 35.8 Å². The zero-order chi connectivity index (χ0) is 17.6. The molecule has 25 heavy (non-hydrogen) atoms. The minimum atomic E-state index is -0.371. The molecule has 0 aliphatic carbocycles. The average Bonchev–Trinajstić information content (AvgIpc) is 3.06. The number of rotatable bonds is 2. The molecule has 0 unspecified atom stereocenters. The summed E-state index contributed by atoms with van der Waals surface area (Å²) in [6.45, 7) is 2.24. The summed E-state index contributed by atoms with van der Waals surface area (Å²) in [5.41, 5.74) is 2.68. The lowest BCUT2D eigenvalue weighted by Gasteiger charge is -2.29. The van der Waals surface area contributed by atoms with Gasteiger partial charge in [0.25, 0.3) is 5.56 Å². The lowest BCUT2D eigenvalue weighted by Crippen LogP contribution is -2.38. The maximum absolute atomic E-state index is 13.6. The van der Waals surface area contributed by atoms with Crippen LogP contribution >= 0.6 is 0 Å². The van der Waals surface area contributed by atoms with E-state index in [9.17, 15) is 14.0 Å². The fourth-order valence-corrected chi connectivity index (χ4v) is 3.36. The van der Waals surface area contributed by atoms with E-state index in [0.29, 0.717) is 29.1 Å². The second-order valence-electron chi connectivity index (χ2n) is 6.24. The number of hydrogen-bond donors (Lipinski definition) is 1. The second kappa shape index (κ2) is 5.84. The highest BCUT2D eigenvalue weighted by Gasteiger charge is 2.25. The van der Waals surface area contributed by atoms with Gasteiger partial charge < -0.3 is 4.90 Å². The van der Waals surface area contributed by atoms with Crippen LogP contribution in [0, 0.1) is 12.7 Å². The quantitative estimate of drug-likeness (QED) is 0.776. The van der Waals surface area contributed by atoms with Gasteiger partial charge in [0.2, 0.25) is 5.91 Å². The van der Waals surface area contributed by atoms with Crippen molar-refractivity contribution in [2.45, 2.75) is 26.2 Å². The summed E-state index contributed by atoms with van der Waals surface area (Å²) in [5, 5.41) is 2.80. The van der Waals surface area contributed by atoms with E-state index in [0.717, 1.165) is 18.4 Å². The zero-order valence-electron chi connectivity index (χ0n) is 13.8. The van der Waals surface area contributed by atoms with Crippen molar-refractivity contribution >= 4 is 17.2 Å². The van der Waals surface area contributed by atoms with Gasteiger partial charge in [-0.2, -0.15) is 0 Å². The van der Waals surface area contributed by atoms with Crippen LogP contribution in [-0.4, -0.2) is 27.0 Å². The van der Waals surface area contributed by atoms with E-state index in [1.165, 1.54) is 16.6 Å². The molecule has 0 saturated carbocycles. The number of anilines is 1. The monoisotopic (exact) mass is 340 g/mol. The van der Waals surface area contributed by atoms with E-state index in [-0.39, 0.29) is 23.7 Å². The van der Waals surface area contributed by atoms with Crippen LogP contribution in [0.25, 0.3) is 5.65 Å². The number of hydrogen-bond acceptors (Lipinski definition) is 3. The summed E-state index contributed by atoms with van der Waals surface area (Å²) >= 11 is 0. The van der Waals surface area contributed by atoms with Gasteiger partial charge in [-0.05, 0) is 37.5 Å². The fourth-order valence-electron chi connectivity index (χ4n) is 3.36. The van der Waals surface area contributed by atoms with Gasteiger partial charge in [-0.15, -0.1) is 0 Å². The van der Waals surface area contributed by atoms with E-state index in [1.807, 2.05) is 0 Å². The third kappa shape index (κ3) is 2.61. The molecule has 0 atom stereocenters. The molecule has 0 saturated heterocycles. The number of carbonyl (C=O) groups is 1. The molecule has 3 heterocycles. The van der Waals surface area contributed by atoms with Crippen LogP contribution in [0.1, 0.15) is 23.2 Å². The van der Waals surface area contributed by atoms with Crippen LogP contribution in [0.3, 0.4) is 0 Å². The largest absolute Gasteiger partial charge is 0.312 e. The number of aromatic nitrogens is 3. The molecule has 1 aliphatic rings. The fraction of sp³-hybridized carbons (Fsp3) is 0.278. The van der Waals surface area contributed by atoms with Crippen LogP contribution < -0.4 is 10.5 Å². The molecule has 0 spiro atoms. The summed E-state index contributed by atoms with van der Waals surface area (Å²) < 4.78 is 14.9. The molecule has 2 aromatic heterocycles. The van der Waals surface area contributed by atoms with Crippen molar-refractivity contribution in [3.05, 3.63) is 63.5 Å². The van der Waals surface area contributed by atoms with Crippen molar-refractivity contribution in [2.75, 3.05) is 11.4 Å². The van der Waals surface area contributed by atoms with Crippen molar-refractivity contribution in [1.29, 1.82) is 0 Å². The van der Waals surface area contributed by atoms with Gasteiger partial charge in [0.1, 0.15) is 5.82 Å². The molecule has 0 fully saturated rings. The van der Waals surface area contributed by atoms with E-state index in [4.69, 9.17) is 0 Å². The highest BCUT2D eigenvalue weighted by atomic mass is 19.1. The highest BCUT2D eigenvalue weighted by molar-refractivity contribution is 5.96. The molecular weight excluding hydrogens is 323 g/mol. The Morgan fingerprint density at radius 3 is 3.04 bits per heavy atom. The van der Waals surface area contributed by atoms with E-state index < -0.39 is 0 Å². The summed E-state index contributed by atoms with van der Waals surface area (Å²) in [6, 6.07) is 6.21. The lowest BCUT2D eigenvalue weighted by atomic mass is 10.0. The Hall–Kier alpha value is -2.96. The molecule has 128 valence electrons. The standard InChI is InChI=1S/C18H17FN4O2/c1-11-14(18(25)23-16(21-11)6-7-20-23)10-17(24)22-8-2-3-12-4-5-13(19)9-15(12)22/h4-7,9,20H,2-3,8,10H2,1H3. The first-order valence-corrected chi connectivity index (χ1v) is 8.19. The Balaban J connectivity index is 1.70. The van der Waals surface area contributed by atoms with Gasteiger partial charge in [-0.25, -0.2) is 13.9 Å². The molecule has 0 bridgehead atoms. The number of benzene rings is 1. The average molecular weight is 340 g/mol. The lowest BCUT2D eigenvalue weighted by molar-refractivity contribution is -0.118. The molecule has 1 aromatic carbocycles. The third-order valence-corrected chi connectivity index (χ3v) is 4.64. The molecule has 0 radical (unpaired) electrons. The Labute approximate surface area is 142 Å². The van der Waals surface area contributed by atoms with Crippen molar-refractivity contribution in [1.82, 2.24) is 14.6 Å². The predicted molar refractivity (Wildman–Crippen MR) is 91.3 cm³/mol. The minimum absolute atomic E-state index is 0.0599. The maximum atomic E-state index is 13.6. The van der Waals surface area contributed by atoms with Crippen molar-refractivity contribution < 1.29 is 9.18 Å². The normalized spacial score (nSPS) is 13.9. The number of nitrogens with one attached hydrogen (secondary N) is 1. The number of nitrogens with zero attached hydrogens (tertiary/aromatic N) is 3. The highest BCUT2D eigenvalue weighted by Crippen LogP contribution is 2.28. The zero-order valence-corrected chi connectivity index (χ0v) is 13.8.